The van der Waals surface area contributed by atoms with Crippen molar-refractivity contribution in [3.63, 3.8) is 0 Å². The Hall–Kier alpha value is -1.99. The van der Waals surface area contributed by atoms with E-state index < -0.39 is 5.91 Å². The van der Waals surface area contributed by atoms with Gasteiger partial charge in [0.2, 0.25) is 5.91 Å². The number of nitrogens with one attached hydrogen (secondary N) is 1. The van der Waals surface area contributed by atoms with Gasteiger partial charge in [0.05, 0.1) is 0 Å². The van der Waals surface area contributed by atoms with Gasteiger partial charge in [0, 0.05) is 22.4 Å². The number of benzene rings is 1. The van der Waals surface area contributed by atoms with Gasteiger partial charge in [-0.2, -0.15) is 0 Å². The number of carbonyl (C=O) groups is 1. The summed E-state index contributed by atoms with van der Waals surface area (Å²) in [7, 11) is 0. The van der Waals surface area contributed by atoms with Gasteiger partial charge in [0.15, 0.2) is 5.16 Å². The van der Waals surface area contributed by atoms with Gasteiger partial charge >= 0.3 is 0 Å². The van der Waals surface area contributed by atoms with E-state index >= 15 is 0 Å². The van der Waals surface area contributed by atoms with Crippen molar-refractivity contribution in [2.75, 3.05) is 5.73 Å². The minimum atomic E-state index is -0.534. The number of thioether (sulfide) groups is 1. The fourth-order valence-corrected chi connectivity index (χ4v) is 2.70. The molecule has 8 heteroatoms. The van der Waals surface area contributed by atoms with E-state index in [1.807, 2.05) is 0 Å². The number of carbonyl (C=O) groups excluding carboxylic acids is 1. The fraction of sp³-hybridized carbons (Fsp3) is 0.0833. The average Bonchev–Trinajstić information content (AvgIpc) is 2.36. The van der Waals surface area contributed by atoms with Gasteiger partial charge in [-0.3, -0.25) is 9.59 Å². The third-order valence-electron chi connectivity index (χ3n) is 2.44. The van der Waals surface area contributed by atoms with E-state index in [0.29, 0.717) is 21.5 Å². The lowest BCUT2D eigenvalue weighted by atomic mass is 10.1. The highest BCUT2D eigenvalue weighted by molar-refractivity contribution is 7.98. The summed E-state index contributed by atoms with van der Waals surface area (Å²) < 4.78 is 0. The fourth-order valence-electron chi connectivity index (χ4n) is 1.49. The lowest BCUT2D eigenvalue weighted by Crippen LogP contribution is -2.11. The number of rotatable bonds is 4. The maximum absolute atomic E-state index is 11.2. The molecule has 0 saturated heterocycles. The maximum atomic E-state index is 11.2. The molecule has 1 aromatic carbocycles. The molecule has 0 radical (unpaired) electrons. The Balaban J connectivity index is 2.14. The number of primary amides is 1. The molecule has 0 atom stereocenters. The molecule has 1 amide bonds. The predicted molar refractivity (Wildman–Crippen MR) is 78.8 cm³/mol. The zero-order chi connectivity index (χ0) is 14.7. The second-order valence-electron chi connectivity index (χ2n) is 3.93. The van der Waals surface area contributed by atoms with Crippen molar-refractivity contribution < 1.29 is 4.79 Å². The maximum Gasteiger partial charge on any atom is 0.253 e. The van der Waals surface area contributed by atoms with Crippen LogP contribution in [0, 0.1) is 0 Å². The van der Waals surface area contributed by atoms with Gasteiger partial charge in [0.1, 0.15) is 5.82 Å². The van der Waals surface area contributed by atoms with Crippen molar-refractivity contribution in [3.05, 3.63) is 50.8 Å². The van der Waals surface area contributed by atoms with Crippen LogP contribution in [0.3, 0.4) is 0 Å². The highest BCUT2D eigenvalue weighted by Gasteiger charge is 2.07. The number of hydrogen-bond acceptors (Lipinski definition) is 5. The molecule has 0 saturated carbocycles. The molecule has 1 heterocycles. The van der Waals surface area contributed by atoms with E-state index in [2.05, 4.69) is 9.97 Å². The number of anilines is 1. The Morgan fingerprint density at radius 1 is 1.40 bits per heavy atom. The molecule has 0 unspecified atom stereocenters. The lowest BCUT2D eigenvalue weighted by Gasteiger charge is -2.05. The molecule has 0 fully saturated rings. The van der Waals surface area contributed by atoms with E-state index in [4.69, 9.17) is 23.1 Å². The Labute approximate surface area is 123 Å². The molecule has 6 nitrogen and oxygen atoms in total. The topological polar surface area (TPSA) is 115 Å². The number of nitrogen functional groups attached to an aromatic ring is 1. The monoisotopic (exact) mass is 310 g/mol. The molecule has 0 aliphatic carbocycles. The second-order valence-corrected chi connectivity index (χ2v) is 5.31. The first-order valence-electron chi connectivity index (χ1n) is 5.53. The van der Waals surface area contributed by atoms with Crippen LogP contribution >= 0.6 is 23.4 Å². The first kappa shape index (κ1) is 14.4. The molecule has 20 heavy (non-hydrogen) atoms. The van der Waals surface area contributed by atoms with Crippen LogP contribution in [0.1, 0.15) is 15.9 Å². The summed E-state index contributed by atoms with van der Waals surface area (Å²) in [5.74, 6) is 0.101. The van der Waals surface area contributed by atoms with Crippen LogP contribution in [0.4, 0.5) is 5.82 Å². The molecule has 104 valence electrons. The van der Waals surface area contributed by atoms with E-state index in [0.717, 1.165) is 5.56 Å². The van der Waals surface area contributed by atoms with Gasteiger partial charge in [-0.1, -0.05) is 29.4 Å². The zero-order valence-corrected chi connectivity index (χ0v) is 11.8. The van der Waals surface area contributed by atoms with Crippen LogP contribution < -0.4 is 17.0 Å². The molecule has 0 bridgehead atoms. The van der Waals surface area contributed by atoms with Crippen molar-refractivity contribution in [1.29, 1.82) is 0 Å². The number of aromatic nitrogens is 2. The molecule has 0 spiro atoms. The normalized spacial score (nSPS) is 10.4. The van der Waals surface area contributed by atoms with Crippen molar-refractivity contribution in [2.24, 2.45) is 5.73 Å². The quantitative estimate of drug-likeness (QED) is 0.583. The smallest absolute Gasteiger partial charge is 0.253 e. The van der Waals surface area contributed by atoms with Gasteiger partial charge in [-0.05, 0) is 17.7 Å². The molecule has 2 rings (SSSR count). The predicted octanol–water partition coefficient (Wildman–Crippen LogP) is 1.40. The highest BCUT2D eigenvalue weighted by Crippen LogP contribution is 2.25. The summed E-state index contributed by atoms with van der Waals surface area (Å²) in [6.45, 7) is 0. The molecule has 2 aromatic rings. The van der Waals surface area contributed by atoms with Gasteiger partial charge in [0.25, 0.3) is 5.56 Å². The molecule has 5 N–H and O–H groups in total. The number of aromatic amines is 1. The van der Waals surface area contributed by atoms with E-state index in [9.17, 15) is 9.59 Å². The van der Waals surface area contributed by atoms with Crippen LogP contribution in [-0.2, 0) is 5.75 Å². The Morgan fingerprint density at radius 2 is 2.15 bits per heavy atom. The van der Waals surface area contributed by atoms with Crippen LogP contribution in [0.15, 0.2) is 34.2 Å². The van der Waals surface area contributed by atoms with E-state index in [1.54, 1.807) is 12.1 Å². The van der Waals surface area contributed by atoms with Gasteiger partial charge in [-0.15, -0.1) is 0 Å². The van der Waals surface area contributed by atoms with Crippen molar-refractivity contribution in [2.45, 2.75) is 10.9 Å². The van der Waals surface area contributed by atoms with Crippen molar-refractivity contribution >= 4 is 35.1 Å². The number of nitrogens with two attached hydrogens (primary N) is 2. The van der Waals surface area contributed by atoms with Crippen LogP contribution in [0.2, 0.25) is 5.02 Å². The highest BCUT2D eigenvalue weighted by atomic mass is 35.5. The third-order valence-corrected chi connectivity index (χ3v) is 3.72. The first-order valence-corrected chi connectivity index (χ1v) is 6.90. The van der Waals surface area contributed by atoms with E-state index in [1.165, 1.54) is 23.9 Å². The van der Waals surface area contributed by atoms with Crippen molar-refractivity contribution in [3.8, 4) is 0 Å². The number of amides is 1. The Morgan fingerprint density at radius 3 is 2.75 bits per heavy atom. The van der Waals surface area contributed by atoms with Crippen LogP contribution in [0.25, 0.3) is 0 Å². The molecule has 1 aromatic heterocycles. The standard InChI is InChI=1S/C12H11ClN4O2S/c13-8-3-6(11(15)19)1-2-7(8)5-20-12-16-9(14)4-10(18)17-12/h1-4H,5H2,(H2,15,19)(H3,14,16,17,18). The summed E-state index contributed by atoms with van der Waals surface area (Å²) in [6, 6.07) is 6.02. The summed E-state index contributed by atoms with van der Waals surface area (Å²) >= 11 is 7.35. The largest absolute Gasteiger partial charge is 0.383 e. The summed E-state index contributed by atoms with van der Waals surface area (Å²) in [5, 5.41) is 0.838. The zero-order valence-electron chi connectivity index (χ0n) is 10.2. The van der Waals surface area contributed by atoms with Crippen LogP contribution in [0.5, 0.6) is 0 Å². The molecule has 0 aliphatic heterocycles. The lowest BCUT2D eigenvalue weighted by molar-refractivity contribution is 0.100. The number of hydrogen-bond donors (Lipinski definition) is 3. The minimum Gasteiger partial charge on any atom is -0.383 e. The Bertz CT molecular complexity index is 717. The van der Waals surface area contributed by atoms with Gasteiger partial charge < -0.3 is 16.5 Å². The summed E-state index contributed by atoms with van der Waals surface area (Å²) in [4.78, 5) is 28.8. The molecule has 0 aliphatic rings. The minimum absolute atomic E-state index is 0.159. The summed E-state index contributed by atoms with van der Waals surface area (Å²) in [6.07, 6.45) is 0. The third kappa shape index (κ3) is 3.52. The van der Waals surface area contributed by atoms with E-state index in [-0.39, 0.29) is 11.4 Å². The van der Waals surface area contributed by atoms with Crippen molar-refractivity contribution in [1.82, 2.24) is 9.97 Å². The number of halogens is 1. The second kappa shape index (κ2) is 5.98. The first-order chi connectivity index (χ1) is 9.45. The SMILES string of the molecule is NC(=O)c1ccc(CSc2nc(N)cc(=O)[nH]2)c(Cl)c1. The molecular formula is C12H11ClN4O2S. The van der Waals surface area contributed by atoms with Crippen LogP contribution in [-0.4, -0.2) is 15.9 Å². The Kier molecular flexibility index (Phi) is 4.31. The number of H-pyrrole nitrogens is 1. The molecular weight excluding hydrogens is 300 g/mol. The average molecular weight is 311 g/mol. The number of nitrogens with zero attached hydrogens (tertiary/aromatic N) is 1. The summed E-state index contributed by atoms with van der Waals surface area (Å²) in [5.41, 5.74) is 11.5. The van der Waals surface area contributed by atoms with Gasteiger partial charge in [-0.25, -0.2) is 4.98 Å².